The van der Waals surface area contributed by atoms with E-state index in [1.165, 1.54) is 0 Å². The highest BCUT2D eigenvalue weighted by atomic mass is 16.5. The molecule has 74 valence electrons. The first-order valence-corrected chi connectivity index (χ1v) is 5.05. The average molecular weight is 182 g/mol. The van der Waals surface area contributed by atoms with E-state index in [2.05, 4.69) is 6.58 Å². The van der Waals surface area contributed by atoms with Gasteiger partial charge in [0.2, 0.25) is 0 Å². The molecule has 2 nitrogen and oxygen atoms in total. The molecule has 0 N–H and O–H groups in total. The molecule has 1 heterocycles. The number of esters is 1. The van der Waals surface area contributed by atoms with Crippen molar-refractivity contribution in [3.63, 3.8) is 0 Å². The fourth-order valence-electron chi connectivity index (χ4n) is 1.75. The molecule has 1 saturated heterocycles. The molecule has 1 rings (SSSR count). The van der Waals surface area contributed by atoms with Crippen molar-refractivity contribution >= 4 is 5.97 Å². The molecule has 13 heavy (non-hydrogen) atoms. The number of hydrogen-bond donors (Lipinski definition) is 0. The van der Waals surface area contributed by atoms with Gasteiger partial charge in [0, 0.05) is 0 Å². The highest BCUT2D eigenvalue weighted by Crippen LogP contribution is 2.25. The minimum Gasteiger partial charge on any atom is -0.462 e. The van der Waals surface area contributed by atoms with Crippen LogP contribution in [-0.2, 0) is 9.53 Å². The third kappa shape index (κ3) is 3.21. The number of ether oxygens (including phenoxy) is 1. The van der Waals surface area contributed by atoms with E-state index >= 15 is 0 Å². The van der Waals surface area contributed by atoms with E-state index in [4.69, 9.17) is 4.74 Å². The molecule has 2 atom stereocenters. The largest absolute Gasteiger partial charge is 0.462 e. The van der Waals surface area contributed by atoms with Crippen molar-refractivity contribution in [3.05, 3.63) is 12.7 Å². The lowest BCUT2D eigenvalue weighted by Gasteiger charge is -2.03. The number of carbonyl (C=O) groups is 1. The Bertz CT molecular complexity index is 187. The Morgan fingerprint density at radius 3 is 2.92 bits per heavy atom. The van der Waals surface area contributed by atoms with Crippen molar-refractivity contribution in [1.29, 1.82) is 0 Å². The zero-order chi connectivity index (χ0) is 9.68. The molecule has 0 aromatic heterocycles. The lowest BCUT2D eigenvalue weighted by molar-refractivity contribution is -0.143. The van der Waals surface area contributed by atoms with Gasteiger partial charge in [-0.15, -0.1) is 6.58 Å². The van der Waals surface area contributed by atoms with Crippen LogP contribution < -0.4 is 0 Å². The number of cyclic esters (lactones) is 1. The van der Waals surface area contributed by atoms with E-state index in [1.807, 2.05) is 13.0 Å². The highest BCUT2D eigenvalue weighted by Gasteiger charge is 2.30. The third-order valence-corrected chi connectivity index (χ3v) is 2.48. The maximum Gasteiger partial charge on any atom is 0.309 e. The second-order valence-electron chi connectivity index (χ2n) is 3.75. The molecule has 0 amide bonds. The van der Waals surface area contributed by atoms with E-state index in [0.29, 0.717) is 0 Å². The quantitative estimate of drug-likeness (QED) is 0.371. The van der Waals surface area contributed by atoms with Crippen LogP contribution in [0.1, 0.15) is 39.0 Å². The Morgan fingerprint density at radius 1 is 1.62 bits per heavy atom. The number of rotatable bonds is 5. The maximum atomic E-state index is 11.2. The molecule has 0 aromatic carbocycles. The number of hydrogen-bond acceptors (Lipinski definition) is 2. The van der Waals surface area contributed by atoms with Gasteiger partial charge in [0.1, 0.15) is 0 Å². The van der Waals surface area contributed by atoms with E-state index < -0.39 is 0 Å². The van der Waals surface area contributed by atoms with E-state index in [1.54, 1.807) is 0 Å². The fourth-order valence-corrected chi connectivity index (χ4v) is 1.75. The van der Waals surface area contributed by atoms with Crippen LogP contribution >= 0.6 is 0 Å². The summed E-state index contributed by atoms with van der Waals surface area (Å²) in [4.78, 5) is 11.2. The summed E-state index contributed by atoms with van der Waals surface area (Å²) in [5, 5.41) is 0. The van der Waals surface area contributed by atoms with Crippen LogP contribution in [0.4, 0.5) is 0 Å². The van der Waals surface area contributed by atoms with Gasteiger partial charge in [-0.2, -0.15) is 0 Å². The van der Waals surface area contributed by atoms with Crippen molar-refractivity contribution < 1.29 is 9.53 Å². The van der Waals surface area contributed by atoms with Crippen molar-refractivity contribution in [2.75, 3.05) is 0 Å². The van der Waals surface area contributed by atoms with E-state index in [9.17, 15) is 4.79 Å². The molecule has 0 bridgehead atoms. The first-order chi connectivity index (χ1) is 6.24. The normalized spacial score (nSPS) is 27.3. The summed E-state index contributed by atoms with van der Waals surface area (Å²) in [6.07, 6.45) is 7.26. The minimum atomic E-state index is 0.00565. The summed E-state index contributed by atoms with van der Waals surface area (Å²) in [5.41, 5.74) is 0. The van der Waals surface area contributed by atoms with Crippen LogP contribution in [0.3, 0.4) is 0 Å². The van der Waals surface area contributed by atoms with Crippen LogP contribution in [0.25, 0.3) is 0 Å². The SMILES string of the molecule is C=CCCCCC1CC(C)OC1=O. The summed E-state index contributed by atoms with van der Waals surface area (Å²) < 4.78 is 5.07. The molecule has 2 unspecified atom stereocenters. The zero-order valence-electron chi connectivity index (χ0n) is 8.29. The Hall–Kier alpha value is -0.790. The minimum absolute atomic E-state index is 0.00565. The molecule has 1 aliphatic rings. The molecular formula is C11H18O2. The second-order valence-corrected chi connectivity index (χ2v) is 3.75. The lowest BCUT2D eigenvalue weighted by Crippen LogP contribution is -2.06. The summed E-state index contributed by atoms with van der Waals surface area (Å²) in [6, 6.07) is 0. The second kappa shape index (κ2) is 5.05. The van der Waals surface area contributed by atoms with Gasteiger partial charge < -0.3 is 4.74 Å². The monoisotopic (exact) mass is 182 g/mol. The van der Waals surface area contributed by atoms with Gasteiger partial charge in [-0.25, -0.2) is 0 Å². The average Bonchev–Trinajstić information content (AvgIpc) is 2.39. The Morgan fingerprint density at radius 2 is 2.38 bits per heavy atom. The van der Waals surface area contributed by atoms with Gasteiger partial charge in [-0.1, -0.05) is 12.5 Å². The summed E-state index contributed by atoms with van der Waals surface area (Å²) in [5.74, 6) is 0.172. The van der Waals surface area contributed by atoms with Gasteiger partial charge in [-0.05, 0) is 32.6 Å². The molecule has 0 saturated carbocycles. The van der Waals surface area contributed by atoms with Gasteiger partial charge in [0.15, 0.2) is 0 Å². The van der Waals surface area contributed by atoms with Gasteiger partial charge in [0.25, 0.3) is 0 Å². The predicted octanol–water partition coefficient (Wildman–Crippen LogP) is 2.68. The lowest BCUT2D eigenvalue weighted by atomic mass is 9.98. The third-order valence-electron chi connectivity index (χ3n) is 2.48. The number of allylic oxidation sites excluding steroid dienone is 1. The Labute approximate surface area is 80.0 Å². The Balaban J connectivity index is 2.14. The molecular weight excluding hydrogens is 164 g/mol. The topological polar surface area (TPSA) is 26.3 Å². The first-order valence-electron chi connectivity index (χ1n) is 5.05. The highest BCUT2D eigenvalue weighted by molar-refractivity contribution is 5.74. The number of carbonyl (C=O) groups excluding carboxylic acids is 1. The molecule has 0 spiro atoms. The van der Waals surface area contributed by atoms with Gasteiger partial charge in [0.05, 0.1) is 12.0 Å². The van der Waals surface area contributed by atoms with Crippen molar-refractivity contribution in [1.82, 2.24) is 0 Å². The molecule has 0 aromatic rings. The summed E-state index contributed by atoms with van der Waals surface area (Å²) in [7, 11) is 0. The van der Waals surface area contributed by atoms with E-state index in [-0.39, 0.29) is 18.0 Å². The van der Waals surface area contributed by atoms with Crippen LogP contribution in [0.15, 0.2) is 12.7 Å². The predicted molar refractivity (Wildman–Crippen MR) is 52.3 cm³/mol. The van der Waals surface area contributed by atoms with E-state index in [0.717, 1.165) is 32.1 Å². The molecule has 1 fully saturated rings. The maximum absolute atomic E-state index is 11.2. The molecule has 0 aliphatic carbocycles. The zero-order valence-corrected chi connectivity index (χ0v) is 8.29. The summed E-state index contributed by atoms with van der Waals surface area (Å²) in [6.45, 7) is 5.63. The smallest absolute Gasteiger partial charge is 0.309 e. The van der Waals surface area contributed by atoms with Gasteiger partial charge in [-0.3, -0.25) is 4.79 Å². The van der Waals surface area contributed by atoms with Crippen LogP contribution in [-0.4, -0.2) is 12.1 Å². The first kappa shape index (κ1) is 10.3. The summed E-state index contributed by atoms with van der Waals surface area (Å²) >= 11 is 0. The molecule has 1 aliphatic heterocycles. The standard InChI is InChI=1S/C11H18O2/c1-3-4-5-6-7-10-8-9(2)13-11(10)12/h3,9-10H,1,4-8H2,2H3. The van der Waals surface area contributed by atoms with Crippen LogP contribution in [0.5, 0.6) is 0 Å². The molecule has 0 radical (unpaired) electrons. The Kier molecular flexibility index (Phi) is 4.00. The number of unbranched alkanes of at least 4 members (excludes halogenated alkanes) is 2. The van der Waals surface area contributed by atoms with Gasteiger partial charge >= 0.3 is 5.97 Å². The van der Waals surface area contributed by atoms with Crippen LogP contribution in [0, 0.1) is 5.92 Å². The van der Waals surface area contributed by atoms with Crippen molar-refractivity contribution in [3.8, 4) is 0 Å². The fraction of sp³-hybridized carbons (Fsp3) is 0.727. The van der Waals surface area contributed by atoms with Crippen molar-refractivity contribution in [2.45, 2.75) is 45.1 Å². The van der Waals surface area contributed by atoms with Crippen molar-refractivity contribution in [2.24, 2.45) is 5.92 Å². The van der Waals surface area contributed by atoms with Crippen LogP contribution in [0.2, 0.25) is 0 Å². The molecule has 2 heteroatoms.